The van der Waals surface area contributed by atoms with Crippen LogP contribution in [0.2, 0.25) is 36.3 Å². The maximum atomic E-state index is 12.9. The second kappa shape index (κ2) is 10.3. The summed E-state index contributed by atoms with van der Waals surface area (Å²) in [6.45, 7) is 23.9. The van der Waals surface area contributed by atoms with E-state index in [0.29, 0.717) is 0 Å². The molecule has 0 spiro atoms. The Bertz CT molecular complexity index is 618. The fourth-order valence-electron chi connectivity index (χ4n) is 1.74. The van der Waals surface area contributed by atoms with Crippen molar-refractivity contribution in [1.82, 2.24) is 5.32 Å². The molecule has 1 amide bonds. The Morgan fingerprint density at radius 1 is 0.833 bits per heavy atom. The zero-order valence-corrected chi connectivity index (χ0v) is 23.0. The number of alkyl carbamates (subject to hydrolysis) is 1. The Kier molecular flexibility index (Phi) is 9.84. The maximum Gasteiger partial charge on any atom is 0.407 e. The predicted octanol–water partition coefficient (Wildman–Crippen LogP) is 5.22. The largest absolute Gasteiger partial charge is 0.519 e. The molecule has 0 saturated carbocycles. The van der Waals surface area contributed by atoms with Gasteiger partial charge in [0, 0.05) is 0 Å². The van der Waals surface area contributed by atoms with Gasteiger partial charge in [0.1, 0.15) is 6.04 Å². The molecule has 0 aliphatic heterocycles. The van der Waals surface area contributed by atoms with E-state index in [9.17, 15) is 14.4 Å². The normalized spacial score (nSPS) is 14.2. The van der Waals surface area contributed by atoms with Gasteiger partial charge in [-0.05, 0) is 42.2 Å². The molecule has 0 rings (SSSR count). The van der Waals surface area contributed by atoms with Gasteiger partial charge in [-0.2, -0.15) is 0 Å². The van der Waals surface area contributed by atoms with Crippen LogP contribution in [0.4, 0.5) is 4.79 Å². The lowest BCUT2D eigenvalue weighted by Crippen LogP contribution is -2.51. The third-order valence-corrected chi connectivity index (χ3v) is 14.5. The number of ether oxygens (including phenoxy) is 1. The molecule has 0 fully saturated rings. The third-order valence-electron chi connectivity index (χ3n) is 5.83. The van der Waals surface area contributed by atoms with E-state index in [2.05, 4.69) is 5.32 Å². The SMILES string of the molecule is CC(C)COC(=O)N[C@@H](CC(=O)O[Si](C)(C)C(C)(C)C)C(=O)O[Si](C)(C)C(C)(C)C. The van der Waals surface area contributed by atoms with Crippen LogP contribution >= 0.6 is 0 Å². The maximum absolute atomic E-state index is 12.9. The molecule has 0 aromatic rings. The van der Waals surface area contributed by atoms with E-state index in [1.165, 1.54) is 0 Å². The van der Waals surface area contributed by atoms with Crippen LogP contribution in [-0.2, 0) is 23.2 Å². The summed E-state index contributed by atoms with van der Waals surface area (Å²) in [5, 5.41) is 2.14. The summed E-state index contributed by atoms with van der Waals surface area (Å²) in [5.74, 6) is -1.00. The number of hydrogen-bond acceptors (Lipinski definition) is 6. The third kappa shape index (κ3) is 9.20. The molecule has 0 heterocycles. The smallest absolute Gasteiger partial charge is 0.407 e. The zero-order chi connectivity index (χ0) is 24.1. The summed E-state index contributed by atoms with van der Waals surface area (Å²) in [7, 11) is -4.78. The van der Waals surface area contributed by atoms with Gasteiger partial charge in [-0.15, -0.1) is 0 Å². The van der Waals surface area contributed by atoms with Crippen LogP contribution in [0.25, 0.3) is 0 Å². The Hall–Kier alpha value is -1.36. The van der Waals surface area contributed by atoms with E-state index < -0.39 is 40.7 Å². The Labute approximate surface area is 184 Å². The average molecular weight is 462 g/mol. The highest BCUT2D eigenvalue weighted by Gasteiger charge is 2.44. The molecule has 30 heavy (non-hydrogen) atoms. The van der Waals surface area contributed by atoms with Crippen molar-refractivity contribution in [3.63, 3.8) is 0 Å². The van der Waals surface area contributed by atoms with Crippen LogP contribution < -0.4 is 5.32 Å². The molecule has 9 heteroatoms. The quantitative estimate of drug-likeness (QED) is 0.498. The Morgan fingerprint density at radius 3 is 1.67 bits per heavy atom. The number of amides is 1. The van der Waals surface area contributed by atoms with Crippen molar-refractivity contribution in [2.24, 2.45) is 5.92 Å². The molecular weight excluding hydrogens is 418 g/mol. The second-order valence-electron chi connectivity index (χ2n) is 11.3. The summed E-state index contributed by atoms with van der Waals surface area (Å²) in [5.41, 5.74) is 0. The lowest BCUT2D eigenvalue weighted by Gasteiger charge is -2.37. The molecule has 0 radical (unpaired) electrons. The average Bonchev–Trinajstić information content (AvgIpc) is 2.48. The fraction of sp³-hybridized carbons (Fsp3) is 0.857. The van der Waals surface area contributed by atoms with Gasteiger partial charge in [0.05, 0.1) is 13.0 Å². The molecule has 0 aromatic carbocycles. The monoisotopic (exact) mass is 461 g/mol. The van der Waals surface area contributed by atoms with Crippen LogP contribution in [0.5, 0.6) is 0 Å². The Balaban J connectivity index is 5.46. The molecule has 1 N–H and O–H groups in total. The fourth-order valence-corrected chi connectivity index (χ4v) is 3.65. The molecule has 1 atom stereocenters. The Morgan fingerprint density at radius 2 is 1.27 bits per heavy atom. The lowest BCUT2D eigenvalue weighted by atomic mass is 10.2. The number of rotatable bonds is 8. The summed E-state index contributed by atoms with van der Waals surface area (Å²) in [4.78, 5) is 37.8. The van der Waals surface area contributed by atoms with Gasteiger partial charge in [0.25, 0.3) is 22.6 Å². The number of hydrogen-bond donors (Lipinski definition) is 1. The minimum absolute atomic E-state index is 0.150. The molecular formula is C21H43NO6Si2. The number of carbonyl (C=O) groups excluding carboxylic acids is 3. The lowest BCUT2D eigenvalue weighted by molar-refractivity contribution is -0.144. The van der Waals surface area contributed by atoms with Crippen LogP contribution in [0, 0.1) is 5.92 Å². The molecule has 0 aromatic heterocycles. The number of carbonyl (C=O) groups is 3. The highest BCUT2D eigenvalue weighted by Crippen LogP contribution is 2.38. The van der Waals surface area contributed by atoms with E-state index in [-0.39, 0.29) is 29.0 Å². The summed E-state index contributed by atoms with van der Waals surface area (Å²) >= 11 is 0. The van der Waals surface area contributed by atoms with Crippen molar-refractivity contribution in [2.75, 3.05) is 6.61 Å². The zero-order valence-electron chi connectivity index (χ0n) is 21.0. The number of nitrogens with one attached hydrogen (secondary N) is 1. The summed E-state index contributed by atoms with van der Waals surface area (Å²) in [6.07, 6.45) is -1.04. The van der Waals surface area contributed by atoms with Gasteiger partial charge in [0.15, 0.2) is 0 Å². The first-order chi connectivity index (χ1) is 13.2. The van der Waals surface area contributed by atoms with Crippen LogP contribution in [-0.4, -0.2) is 47.3 Å². The highest BCUT2D eigenvalue weighted by atomic mass is 28.4. The summed E-state index contributed by atoms with van der Waals surface area (Å²) in [6, 6.07) is -1.16. The first-order valence-corrected chi connectivity index (χ1v) is 16.4. The van der Waals surface area contributed by atoms with E-state index in [4.69, 9.17) is 13.6 Å². The first kappa shape index (κ1) is 28.6. The van der Waals surface area contributed by atoms with Crippen molar-refractivity contribution >= 4 is 34.7 Å². The van der Waals surface area contributed by atoms with Crippen LogP contribution in [0.3, 0.4) is 0 Å². The van der Waals surface area contributed by atoms with Gasteiger partial charge in [0.2, 0.25) is 0 Å². The van der Waals surface area contributed by atoms with Crippen molar-refractivity contribution in [2.45, 2.75) is 104 Å². The summed E-state index contributed by atoms with van der Waals surface area (Å²) < 4.78 is 16.7. The van der Waals surface area contributed by atoms with E-state index in [1.807, 2.05) is 81.6 Å². The highest BCUT2D eigenvalue weighted by molar-refractivity contribution is 6.76. The van der Waals surface area contributed by atoms with Gasteiger partial charge < -0.3 is 18.9 Å². The van der Waals surface area contributed by atoms with Gasteiger partial charge in [-0.25, -0.2) is 4.79 Å². The van der Waals surface area contributed by atoms with E-state index in [1.54, 1.807) is 0 Å². The molecule has 0 aliphatic rings. The van der Waals surface area contributed by atoms with Gasteiger partial charge in [-0.3, -0.25) is 9.59 Å². The van der Waals surface area contributed by atoms with E-state index >= 15 is 0 Å². The standard InChI is InChI=1S/C21H43NO6Si2/c1-15(2)14-26-19(25)22-16(18(24)28-30(11,12)21(6,7)8)13-17(23)27-29(9,10)20(3,4)5/h15-16H,13-14H2,1-12H3,(H,22,25)/t16-/m0/s1. The molecule has 0 aliphatic carbocycles. The molecule has 0 unspecified atom stereocenters. The van der Waals surface area contributed by atoms with Gasteiger partial charge in [-0.1, -0.05) is 55.4 Å². The molecule has 0 saturated heterocycles. The van der Waals surface area contributed by atoms with Crippen molar-refractivity contribution in [1.29, 1.82) is 0 Å². The van der Waals surface area contributed by atoms with Crippen molar-refractivity contribution in [3.8, 4) is 0 Å². The minimum atomic E-state index is -2.43. The second-order valence-corrected chi connectivity index (χ2v) is 20.8. The first-order valence-electron chi connectivity index (χ1n) is 10.6. The topological polar surface area (TPSA) is 90.9 Å². The molecule has 7 nitrogen and oxygen atoms in total. The van der Waals surface area contributed by atoms with Crippen LogP contribution in [0.15, 0.2) is 0 Å². The van der Waals surface area contributed by atoms with Gasteiger partial charge >= 0.3 is 12.1 Å². The van der Waals surface area contributed by atoms with Crippen molar-refractivity contribution < 1.29 is 28.0 Å². The van der Waals surface area contributed by atoms with E-state index in [0.717, 1.165) is 0 Å². The molecule has 0 bridgehead atoms. The predicted molar refractivity (Wildman–Crippen MR) is 124 cm³/mol. The molecule has 176 valence electrons. The van der Waals surface area contributed by atoms with Crippen LogP contribution in [0.1, 0.15) is 61.8 Å². The minimum Gasteiger partial charge on any atom is -0.519 e. The van der Waals surface area contributed by atoms with Crippen molar-refractivity contribution in [3.05, 3.63) is 0 Å².